The van der Waals surface area contributed by atoms with Crippen molar-refractivity contribution in [3.05, 3.63) is 47.5 Å². The van der Waals surface area contributed by atoms with Gasteiger partial charge in [-0.15, -0.1) is 0 Å². The molecule has 1 unspecified atom stereocenters. The molecule has 0 saturated carbocycles. The van der Waals surface area contributed by atoms with E-state index in [1.807, 2.05) is 18.2 Å². The minimum absolute atomic E-state index is 0.116. The minimum Gasteiger partial charge on any atom is -0.504 e. The summed E-state index contributed by atoms with van der Waals surface area (Å²) in [6, 6.07) is 10.4. The van der Waals surface area contributed by atoms with Crippen LogP contribution in [0, 0.1) is 0 Å². The number of hydrogen-bond donors (Lipinski definition) is 3. The van der Waals surface area contributed by atoms with Crippen LogP contribution >= 0.6 is 0 Å². The average molecular weight is 331 g/mol. The Hall–Kier alpha value is -2.44. The maximum atomic E-state index is 10.1. The van der Waals surface area contributed by atoms with Crippen LogP contribution in [-0.2, 0) is 16.8 Å². The molecule has 1 atom stereocenters. The molecule has 2 aromatic carbocycles. The standard InChI is InChI=1S/C18H21NO5/c1-22-12-3-2-4-13(9-12)23-11-18(10-19)15-5-6-16(20)17(21)14(15)7-8-24-18/h2-6,9,20-21H,7-8,10-11,19H2,1H3. The highest BCUT2D eigenvalue weighted by Crippen LogP contribution is 2.41. The Labute approximate surface area is 140 Å². The van der Waals surface area contributed by atoms with Crippen LogP contribution in [0.4, 0.5) is 0 Å². The summed E-state index contributed by atoms with van der Waals surface area (Å²) in [4.78, 5) is 0. The molecule has 2 aromatic rings. The van der Waals surface area contributed by atoms with Crippen LogP contribution in [0.15, 0.2) is 36.4 Å². The van der Waals surface area contributed by atoms with Crippen molar-refractivity contribution in [1.29, 1.82) is 0 Å². The number of aromatic hydroxyl groups is 2. The summed E-state index contributed by atoms with van der Waals surface area (Å²) < 4.78 is 17.0. The summed E-state index contributed by atoms with van der Waals surface area (Å²) in [5, 5.41) is 19.8. The third-order valence-electron chi connectivity index (χ3n) is 4.33. The van der Waals surface area contributed by atoms with Gasteiger partial charge < -0.3 is 30.2 Å². The van der Waals surface area contributed by atoms with E-state index in [0.29, 0.717) is 30.1 Å². The molecule has 6 heteroatoms. The van der Waals surface area contributed by atoms with E-state index in [-0.39, 0.29) is 24.7 Å². The van der Waals surface area contributed by atoms with E-state index in [9.17, 15) is 10.2 Å². The number of methoxy groups -OCH3 is 1. The molecule has 128 valence electrons. The highest BCUT2D eigenvalue weighted by Gasteiger charge is 2.39. The highest BCUT2D eigenvalue weighted by molar-refractivity contribution is 5.52. The van der Waals surface area contributed by atoms with Gasteiger partial charge in [0.2, 0.25) is 0 Å². The number of nitrogens with two attached hydrogens (primary N) is 1. The summed E-state index contributed by atoms with van der Waals surface area (Å²) >= 11 is 0. The predicted octanol–water partition coefficient (Wildman–Crippen LogP) is 1.91. The Morgan fingerprint density at radius 1 is 1.21 bits per heavy atom. The Morgan fingerprint density at radius 2 is 2.00 bits per heavy atom. The van der Waals surface area contributed by atoms with Crippen LogP contribution in [-0.4, -0.2) is 37.1 Å². The Balaban J connectivity index is 1.89. The third kappa shape index (κ3) is 2.86. The van der Waals surface area contributed by atoms with Crippen molar-refractivity contribution in [2.75, 3.05) is 26.9 Å². The molecular weight excluding hydrogens is 310 g/mol. The zero-order valence-electron chi connectivity index (χ0n) is 13.5. The van der Waals surface area contributed by atoms with E-state index >= 15 is 0 Å². The number of rotatable bonds is 5. The molecule has 0 bridgehead atoms. The van der Waals surface area contributed by atoms with E-state index in [1.54, 1.807) is 19.2 Å². The van der Waals surface area contributed by atoms with Gasteiger partial charge in [-0.05, 0) is 30.2 Å². The van der Waals surface area contributed by atoms with Crippen molar-refractivity contribution in [2.45, 2.75) is 12.0 Å². The maximum absolute atomic E-state index is 10.1. The molecule has 0 fully saturated rings. The Bertz CT molecular complexity index is 733. The van der Waals surface area contributed by atoms with Gasteiger partial charge in [-0.3, -0.25) is 0 Å². The molecule has 1 aliphatic rings. The largest absolute Gasteiger partial charge is 0.504 e. The van der Waals surface area contributed by atoms with Gasteiger partial charge in [-0.25, -0.2) is 0 Å². The third-order valence-corrected chi connectivity index (χ3v) is 4.33. The van der Waals surface area contributed by atoms with Crippen molar-refractivity contribution in [1.82, 2.24) is 0 Å². The first-order chi connectivity index (χ1) is 11.6. The van der Waals surface area contributed by atoms with Crippen LogP contribution in [0.25, 0.3) is 0 Å². The van der Waals surface area contributed by atoms with Gasteiger partial charge in [-0.1, -0.05) is 12.1 Å². The summed E-state index contributed by atoms with van der Waals surface area (Å²) in [5.41, 5.74) is 6.51. The minimum atomic E-state index is -0.873. The van der Waals surface area contributed by atoms with E-state index in [4.69, 9.17) is 19.9 Å². The fraction of sp³-hybridized carbons (Fsp3) is 0.333. The summed E-state index contributed by atoms with van der Waals surface area (Å²) in [7, 11) is 1.59. The molecule has 4 N–H and O–H groups in total. The molecule has 0 aromatic heterocycles. The smallest absolute Gasteiger partial charge is 0.161 e. The zero-order valence-corrected chi connectivity index (χ0v) is 13.5. The normalized spacial score (nSPS) is 19.6. The van der Waals surface area contributed by atoms with Crippen molar-refractivity contribution in [3.63, 3.8) is 0 Å². The average Bonchev–Trinajstić information content (AvgIpc) is 2.63. The van der Waals surface area contributed by atoms with Crippen molar-refractivity contribution < 1.29 is 24.4 Å². The predicted molar refractivity (Wildman–Crippen MR) is 88.6 cm³/mol. The van der Waals surface area contributed by atoms with Gasteiger partial charge in [0.05, 0.1) is 13.7 Å². The molecule has 0 saturated heterocycles. The lowest BCUT2D eigenvalue weighted by molar-refractivity contribution is -0.0810. The molecule has 0 radical (unpaired) electrons. The molecule has 6 nitrogen and oxygen atoms in total. The molecule has 0 amide bonds. The van der Waals surface area contributed by atoms with E-state index in [1.165, 1.54) is 6.07 Å². The van der Waals surface area contributed by atoms with Crippen LogP contribution < -0.4 is 15.2 Å². The Morgan fingerprint density at radius 3 is 2.75 bits per heavy atom. The first-order valence-corrected chi connectivity index (χ1v) is 7.75. The number of fused-ring (bicyclic) bond motifs is 1. The van der Waals surface area contributed by atoms with E-state index < -0.39 is 5.60 Å². The first-order valence-electron chi connectivity index (χ1n) is 7.75. The van der Waals surface area contributed by atoms with Gasteiger partial charge in [0.15, 0.2) is 11.5 Å². The second kappa shape index (κ2) is 6.59. The van der Waals surface area contributed by atoms with Gasteiger partial charge in [-0.2, -0.15) is 0 Å². The number of benzene rings is 2. The van der Waals surface area contributed by atoms with Crippen molar-refractivity contribution in [3.8, 4) is 23.0 Å². The monoisotopic (exact) mass is 331 g/mol. The van der Waals surface area contributed by atoms with Crippen LogP contribution in [0.5, 0.6) is 23.0 Å². The van der Waals surface area contributed by atoms with E-state index in [0.717, 1.165) is 5.56 Å². The number of ether oxygens (including phenoxy) is 3. The summed E-state index contributed by atoms with van der Waals surface area (Å²) in [6.07, 6.45) is 0.510. The maximum Gasteiger partial charge on any atom is 0.161 e. The van der Waals surface area contributed by atoms with Crippen molar-refractivity contribution >= 4 is 0 Å². The van der Waals surface area contributed by atoms with Crippen molar-refractivity contribution in [2.24, 2.45) is 5.73 Å². The van der Waals surface area contributed by atoms with Crippen LogP contribution in [0.1, 0.15) is 11.1 Å². The lowest BCUT2D eigenvalue weighted by Crippen LogP contribution is -2.46. The quantitative estimate of drug-likeness (QED) is 0.725. The number of phenols is 2. The molecular formula is C18H21NO5. The van der Waals surface area contributed by atoms with E-state index in [2.05, 4.69) is 0 Å². The van der Waals surface area contributed by atoms with Gasteiger partial charge in [0, 0.05) is 18.2 Å². The number of phenolic OH excluding ortho intramolecular Hbond substituents is 2. The topological polar surface area (TPSA) is 94.2 Å². The van der Waals surface area contributed by atoms with Gasteiger partial charge in [0.25, 0.3) is 0 Å². The first kappa shape index (κ1) is 16.4. The molecule has 1 heterocycles. The summed E-state index contributed by atoms with van der Waals surface area (Å²) in [5.74, 6) is 1.08. The lowest BCUT2D eigenvalue weighted by atomic mass is 9.86. The van der Waals surface area contributed by atoms with Gasteiger partial charge in [0.1, 0.15) is 23.7 Å². The molecule has 24 heavy (non-hydrogen) atoms. The van der Waals surface area contributed by atoms with Crippen LogP contribution in [0.3, 0.4) is 0 Å². The second-order valence-electron chi connectivity index (χ2n) is 5.72. The number of hydrogen-bond acceptors (Lipinski definition) is 6. The molecule has 0 aliphatic carbocycles. The SMILES string of the molecule is COc1cccc(OCC2(CN)OCCc3c2ccc(O)c3O)c1. The fourth-order valence-electron chi connectivity index (χ4n) is 2.97. The highest BCUT2D eigenvalue weighted by atomic mass is 16.5. The molecule has 0 spiro atoms. The fourth-order valence-corrected chi connectivity index (χ4v) is 2.97. The van der Waals surface area contributed by atoms with Crippen LogP contribution in [0.2, 0.25) is 0 Å². The summed E-state index contributed by atoms with van der Waals surface area (Å²) in [6.45, 7) is 0.769. The Kier molecular flexibility index (Phi) is 4.51. The lowest BCUT2D eigenvalue weighted by Gasteiger charge is -2.38. The zero-order chi connectivity index (χ0) is 17.2. The molecule has 3 rings (SSSR count). The van der Waals surface area contributed by atoms with Gasteiger partial charge >= 0.3 is 0 Å². The molecule has 1 aliphatic heterocycles. The second-order valence-corrected chi connectivity index (χ2v) is 5.72.